The van der Waals surface area contributed by atoms with Gasteiger partial charge in [-0.1, -0.05) is 43.6 Å². The lowest BCUT2D eigenvalue weighted by molar-refractivity contribution is -0.142. The maximum absolute atomic E-state index is 12.9. The van der Waals surface area contributed by atoms with Crippen LogP contribution in [0.3, 0.4) is 0 Å². The van der Waals surface area contributed by atoms with Gasteiger partial charge in [0.2, 0.25) is 11.8 Å². The highest BCUT2D eigenvalue weighted by Crippen LogP contribution is 2.44. The van der Waals surface area contributed by atoms with Crippen molar-refractivity contribution in [2.24, 2.45) is 5.92 Å². The highest BCUT2D eigenvalue weighted by molar-refractivity contribution is 7.99. The molecule has 0 bridgehead atoms. The first kappa shape index (κ1) is 18.9. The molecule has 7 heteroatoms. The van der Waals surface area contributed by atoms with Gasteiger partial charge in [0.25, 0.3) is 0 Å². The van der Waals surface area contributed by atoms with Crippen molar-refractivity contribution in [3.63, 3.8) is 0 Å². The maximum Gasteiger partial charge on any atom is 0.244 e. The van der Waals surface area contributed by atoms with E-state index < -0.39 is 6.04 Å². The second-order valence-electron chi connectivity index (χ2n) is 6.42. The van der Waals surface area contributed by atoms with E-state index in [4.69, 9.17) is 16.0 Å². The van der Waals surface area contributed by atoms with Gasteiger partial charge < -0.3 is 14.6 Å². The van der Waals surface area contributed by atoms with E-state index in [1.807, 2.05) is 32.0 Å². The molecule has 2 heterocycles. The number of nitrogens with zero attached hydrogens (tertiary/aromatic N) is 1. The van der Waals surface area contributed by atoms with Gasteiger partial charge in [0.15, 0.2) is 0 Å². The Kier molecular flexibility index (Phi) is 5.94. The van der Waals surface area contributed by atoms with Crippen LogP contribution in [0.5, 0.6) is 0 Å². The van der Waals surface area contributed by atoms with E-state index in [0.717, 1.165) is 5.56 Å². The Morgan fingerprint density at radius 2 is 2.08 bits per heavy atom. The zero-order valence-corrected chi connectivity index (χ0v) is 16.2. The van der Waals surface area contributed by atoms with Crippen LogP contribution in [0.2, 0.25) is 5.02 Å². The molecule has 1 aliphatic rings. The van der Waals surface area contributed by atoms with E-state index in [1.54, 1.807) is 41.1 Å². The van der Waals surface area contributed by atoms with Crippen molar-refractivity contribution in [3.8, 4) is 0 Å². The lowest BCUT2D eigenvalue weighted by Gasteiger charge is -2.30. The standard InChI is InChI=1S/C19H21ClN2O3S/c1-12(2)18(24)22-16(17(23)21-10-13-6-5-9-25-13)11-26-19(22)14-7-3-4-8-15(14)20/h3-9,12,16,19H,10-11H2,1-2H3,(H,21,23). The molecule has 3 rings (SSSR count). The molecule has 0 radical (unpaired) electrons. The SMILES string of the molecule is CC(C)C(=O)N1C(C(=O)NCc2ccco2)CSC1c1ccccc1Cl. The highest BCUT2D eigenvalue weighted by Gasteiger charge is 2.43. The number of thioether (sulfide) groups is 1. The molecule has 1 aromatic heterocycles. The third-order valence-corrected chi connectivity index (χ3v) is 5.89. The highest BCUT2D eigenvalue weighted by atomic mass is 35.5. The molecule has 0 aliphatic carbocycles. The number of hydrogen-bond donors (Lipinski definition) is 1. The fourth-order valence-electron chi connectivity index (χ4n) is 2.90. The lowest BCUT2D eigenvalue weighted by atomic mass is 10.1. The second kappa shape index (κ2) is 8.18. The van der Waals surface area contributed by atoms with E-state index in [9.17, 15) is 9.59 Å². The van der Waals surface area contributed by atoms with Crippen molar-refractivity contribution in [2.75, 3.05) is 5.75 Å². The smallest absolute Gasteiger partial charge is 0.244 e. The predicted molar refractivity (Wildman–Crippen MR) is 103 cm³/mol. The molecule has 1 N–H and O–H groups in total. The van der Waals surface area contributed by atoms with E-state index >= 15 is 0 Å². The number of rotatable bonds is 5. The number of carbonyl (C=O) groups excluding carboxylic acids is 2. The molecule has 1 aromatic carbocycles. The van der Waals surface area contributed by atoms with Crippen LogP contribution in [-0.2, 0) is 16.1 Å². The van der Waals surface area contributed by atoms with E-state index in [2.05, 4.69) is 5.32 Å². The lowest BCUT2D eigenvalue weighted by Crippen LogP contribution is -2.49. The van der Waals surface area contributed by atoms with Crippen LogP contribution < -0.4 is 5.32 Å². The Balaban J connectivity index is 1.81. The van der Waals surface area contributed by atoms with Gasteiger partial charge in [-0.15, -0.1) is 11.8 Å². The van der Waals surface area contributed by atoms with Crippen molar-refractivity contribution in [1.82, 2.24) is 10.2 Å². The minimum absolute atomic E-state index is 0.0573. The van der Waals surface area contributed by atoms with Crippen molar-refractivity contribution in [2.45, 2.75) is 31.8 Å². The Morgan fingerprint density at radius 3 is 2.73 bits per heavy atom. The van der Waals surface area contributed by atoms with Crippen molar-refractivity contribution >= 4 is 35.2 Å². The van der Waals surface area contributed by atoms with Crippen LogP contribution in [0.4, 0.5) is 0 Å². The number of halogens is 1. The third kappa shape index (κ3) is 3.91. The summed E-state index contributed by atoms with van der Waals surface area (Å²) in [5.41, 5.74) is 0.856. The molecule has 1 saturated heterocycles. The summed E-state index contributed by atoms with van der Waals surface area (Å²) in [4.78, 5) is 27.3. The summed E-state index contributed by atoms with van der Waals surface area (Å²) in [7, 11) is 0. The number of furan rings is 1. The molecule has 26 heavy (non-hydrogen) atoms. The zero-order chi connectivity index (χ0) is 18.7. The third-order valence-electron chi connectivity index (χ3n) is 4.24. The van der Waals surface area contributed by atoms with Crippen LogP contribution in [0, 0.1) is 5.92 Å². The van der Waals surface area contributed by atoms with Gasteiger partial charge in [0, 0.05) is 22.3 Å². The normalized spacial score (nSPS) is 19.8. The number of amides is 2. The average molecular weight is 393 g/mol. The number of benzene rings is 1. The van der Waals surface area contributed by atoms with E-state index in [1.165, 1.54) is 0 Å². The van der Waals surface area contributed by atoms with Crippen LogP contribution in [0.25, 0.3) is 0 Å². The van der Waals surface area contributed by atoms with Crippen LogP contribution in [0.1, 0.15) is 30.5 Å². The minimum Gasteiger partial charge on any atom is -0.467 e. The van der Waals surface area contributed by atoms with Crippen LogP contribution >= 0.6 is 23.4 Å². The summed E-state index contributed by atoms with van der Waals surface area (Å²) in [6, 6.07) is 10.5. The second-order valence-corrected chi connectivity index (χ2v) is 7.94. The summed E-state index contributed by atoms with van der Waals surface area (Å²) >= 11 is 7.91. The van der Waals surface area contributed by atoms with Gasteiger partial charge in [-0.2, -0.15) is 0 Å². The molecular weight excluding hydrogens is 372 g/mol. The predicted octanol–water partition coefficient (Wildman–Crippen LogP) is 3.85. The molecule has 1 fully saturated rings. The largest absolute Gasteiger partial charge is 0.467 e. The number of hydrogen-bond acceptors (Lipinski definition) is 4. The molecular formula is C19H21ClN2O3S. The minimum atomic E-state index is -0.536. The summed E-state index contributed by atoms with van der Waals surface area (Å²) in [6.07, 6.45) is 1.56. The first-order valence-electron chi connectivity index (χ1n) is 8.47. The van der Waals surface area contributed by atoms with Crippen molar-refractivity contribution in [1.29, 1.82) is 0 Å². The summed E-state index contributed by atoms with van der Waals surface area (Å²) in [5.74, 6) is 0.751. The number of carbonyl (C=O) groups is 2. The maximum atomic E-state index is 12.9. The molecule has 2 unspecified atom stereocenters. The molecule has 138 valence electrons. The van der Waals surface area contributed by atoms with Crippen LogP contribution in [-0.4, -0.2) is 28.5 Å². The van der Waals surface area contributed by atoms with E-state index in [-0.39, 0.29) is 23.1 Å². The van der Waals surface area contributed by atoms with Gasteiger partial charge in [0.05, 0.1) is 12.8 Å². The fraction of sp³-hybridized carbons (Fsp3) is 0.368. The Labute approximate surface area is 162 Å². The molecule has 0 spiro atoms. The van der Waals surface area contributed by atoms with Crippen molar-refractivity contribution < 1.29 is 14.0 Å². The Morgan fingerprint density at radius 1 is 1.31 bits per heavy atom. The summed E-state index contributed by atoms with van der Waals surface area (Å²) in [6.45, 7) is 3.98. The van der Waals surface area contributed by atoms with Crippen molar-refractivity contribution in [3.05, 3.63) is 59.0 Å². The molecule has 0 saturated carbocycles. The van der Waals surface area contributed by atoms with Gasteiger partial charge in [-0.3, -0.25) is 9.59 Å². The quantitative estimate of drug-likeness (QED) is 0.839. The Hall–Kier alpha value is -1.92. The zero-order valence-electron chi connectivity index (χ0n) is 14.6. The molecule has 5 nitrogen and oxygen atoms in total. The first-order valence-corrected chi connectivity index (χ1v) is 9.90. The topological polar surface area (TPSA) is 62.6 Å². The Bertz CT molecular complexity index is 779. The van der Waals surface area contributed by atoms with Gasteiger partial charge in [-0.05, 0) is 18.2 Å². The summed E-state index contributed by atoms with van der Waals surface area (Å²) in [5, 5.41) is 3.20. The van der Waals surface area contributed by atoms with Gasteiger partial charge in [-0.25, -0.2) is 0 Å². The molecule has 2 amide bonds. The fourth-order valence-corrected chi connectivity index (χ4v) is 4.67. The van der Waals surface area contributed by atoms with Gasteiger partial charge >= 0.3 is 0 Å². The molecule has 1 aliphatic heterocycles. The average Bonchev–Trinajstić information content (AvgIpc) is 3.29. The summed E-state index contributed by atoms with van der Waals surface area (Å²) < 4.78 is 5.25. The van der Waals surface area contributed by atoms with Crippen LogP contribution in [0.15, 0.2) is 47.1 Å². The first-order chi connectivity index (χ1) is 12.5. The van der Waals surface area contributed by atoms with E-state index in [0.29, 0.717) is 23.1 Å². The molecule has 2 aromatic rings. The molecule has 2 atom stereocenters. The monoisotopic (exact) mass is 392 g/mol. The van der Waals surface area contributed by atoms with Gasteiger partial charge in [0.1, 0.15) is 17.2 Å². The number of nitrogens with one attached hydrogen (secondary N) is 1.